The van der Waals surface area contributed by atoms with Gasteiger partial charge in [-0.2, -0.15) is 4.98 Å². The lowest BCUT2D eigenvalue weighted by Crippen LogP contribution is -2.37. The van der Waals surface area contributed by atoms with Gasteiger partial charge in [0, 0.05) is 19.6 Å². The zero-order valence-electron chi connectivity index (χ0n) is 11.5. The molecule has 5 nitrogen and oxygen atoms in total. The minimum Gasteiger partial charge on any atom is -0.384 e. The Kier molecular flexibility index (Phi) is 4.35. The maximum Gasteiger partial charge on any atom is 0.240 e. The van der Waals surface area contributed by atoms with Crippen LogP contribution in [-0.4, -0.2) is 29.9 Å². The molecule has 1 aliphatic rings. The number of ether oxygens (including phenoxy) is 1. The number of methoxy groups -OCH3 is 1. The van der Waals surface area contributed by atoms with Gasteiger partial charge < -0.3 is 14.6 Å². The highest BCUT2D eigenvalue weighted by Gasteiger charge is 2.34. The van der Waals surface area contributed by atoms with Crippen LogP contribution < -0.4 is 5.32 Å². The smallest absolute Gasteiger partial charge is 0.240 e. The Hall–Kier alpha value is -0.940. The first-order valence-corrected chi connectivity index (χ1v) is 6.65. The molecule has 0 saturated heterocycles. The number of hydrogen-bond acceptors (Lipinski definition) is 5. The van der Waals surface area contributed by atoms with Gasteiger partial charge >= 0.3 is 0 Å². The number of hydrogen-bond donors (Lipinski definition) is 1. The molecule has 1 N–H and O–H groups in total. The first kappa shape index (κ1) is 13.5. The summed E-state index contributed by atoms with van der Waals surface area (Å²) in [4.78, 5) is 4.34. The van der Waals surface area contributed by atoms with Crippen LogP contribution >= 0.6 is 0 Å². The number of nitrogens with one attached hydrogen (secondary N) is 1. The Morgan fingerprint density at radius 2 is 2.33 bits per heavy atom. The van der Waals surface area contributed by atoms with Crippen LogP contribution in [0, 0.1) is 5.41 Å². The van der Waals surface area contributed by atoms with Crippen LogP contribution in [0.15, 0.2) is 4.52 Å². The molecule has 0 amide bonds. The molecule has 0 spiro atoms. The van der Waals surface area contributed by atoms with Crippen LogP contribution in [0.3, 0.4) is 0 Å². The maximum absolute atomic E-state index is 5.21. The summed E-state index contributed by atoms with van der Waals surface area (Å²) in [5.74, 6) is 1.39. The normalized spacial score (nSPS) is 22.5. The van der Waals surface area contributed by atoms with Gasteiger partial charge in [0.15, 0.2) is 5.82 Å². The molecule has 1 aliphatic carbocycles. The van der Waals surface area contributed by atoms with Gasteiger partial charge in [-0.15, -0.1) is 0 Å². The predicted molar refractivity (Wildman–Crippen MR) is 68.1 cm³/mol. The van der Waals surface area contributed by atoms with Crippen LogP contribution in [-0.2, 0) is 17.7 Å². The molecule has 1 saturated carbocycles. The maximum atomic E-state index is 5.21. The molecule has 1 atom stereocenters. The molecule has 102 valence electrons. The molecule has 2 rings (SSSR count). The lowest BCUT2D eigenvalue weighted by atomic mass is 9.87. The minimum atomic E-state index is 0.374. The van der Waals surface area contributed by atoms with Crippen molar-refractivity contribution in [2.45, 2.75) is 52.1 Å². The molecule has 18 heavy (non-hydrogen) atoms. The average Bonchev–Trinajstić information content (AvgIpc) is 2.90. The molecule has 0 bridgehead atoms. The molecule has 0 aliphatic heterocycles. The molecular weight excluding hydrogens is 230 g/mol. The third-order valence-electron chi connectivity index (χ3n) is 3.80. The van der Waals surface area contributed by atoms with Crippen molar-refractivity contribution in [2.75, 3.05) is 13.7 Å². The van der Waals surface area contributed by atoms with Gasteiger partial charge in [0.1, 0.15) is 0 Å². The molecule has 5 heteroatoms. The molecule has 1 heterocycles. The van der Waals surface area contributed by atoms with Gasteiger partial charge in [0.05, 0.1) is 13.2 Å². The number of rotatable bonds is 6. The molecule has 0 aromatic carbocycles. The van der Waals surface area contributed by atoms with E-state index in [0.29, 0.717) is 36.9 Å². The SMILES string of the molecule is COCCc1noc(CNC2CCCC2(C)C)n1. The summed E-state index contributed by atoms with van der Waals surface area (Å²) in [5, 5.41) is 7.46. The fraction of sp³-hybridized carbons (Fsp3) is 0.846. The monoisotopic (exact) mass is 253 g/mol. The Balaban J connectivity index is 1.81. The van der Waals surface area contributed by atoms with Crippen LogP contribution in [0.25, 0.3) is 0 Å². The van der Waals surface area contributed by atoms with Crippen molar-refractivity contribution < 1.29 is 9.26 Å². The fourth-order valence-electron chi connectivity index (χ4n) is 2.57. The molecule has 1 aromatic heterocycles. The summed E-state index contributed by atoms with van der Waals surface area (Å²) in [6.45, 7) is 5.92. The second-order valence-corrected chi connectivity index (χ2v) is 5.66. The van der Waals surface area contributed by atoms with Crippen molar-refractivity contribution in [1.82, 2.24) is 15.5 Å². The van der Waals surface area contributed by atoms with Crippen LogP contribution in [0.1, 0.15) is 44.8 Å². The van der Waals surface area contributed by atoms with Crippen molar-refractivity contribution in [1.29, 1.82) is 0 Å². The number of aromatic nitrogens is 2. The van der Waals surface area contributed by atoms with E-state index in [9.17, 15) is 0 Å². The summed E-state index contributed by atoms with van der Waals surface area (Å²) < 4.78 is 10.2. The zero-order valence-corrected chi connectivity index (χ0v) is 11.5. The summed E-state index contributed by atoms with van der Waals surface area (Å²) in [6, 6.07) is 0.548. The average molecular weight is 253 g/mol. The third-order valence-corrected chi connectivity index (χ3v) is 3.80. The van der Waals surface area contributed by atoms with E-state index in [4.69, 9.17) is 9.26 Å². The Morgan fingerprint density at radius 1 is 1.50 bits per heavy atom. The summed E-state index contributed by atoms with van der Waals surface area (Å²) >= 11 is 0. The van der Waals surface area contributed by atoms with Gasteiger partial charge in [-0.05, 0) is 18.3 Å². The van der Waals surface area contributed by atoms with E-state index in [1.165, 1.54) is 19.3 Å². The lowest BCUT2D eigenvalue weighted by Gasteiger charge is -2.27. The Morgan fingerprint density at radius 3 is 3.00 bits per heavy atom. The van der Waals surface area contributed by atoms with E-state index < -0.39 is 0 Å². The van der Waals surface area contributed by atoms with E-state index in [2.05, 4.69) is 29.3 Å². The molecule has 1 fully saturated rings. The summed E-state index contributed by atoms with van der Waals surface area (Å²) in [7, 11) is 1.67. The quantitative estimate of drug-likeness (QED) is 0.839. The fourth-order valence-corrected chi connectivity index (χ4v) is 2.57. The Bertz CT molecular complexity index is 376. The topological polar surface area (TPSA) is 60.2 Å². The molecular formula is C13H23N3O2. The van der Waals surface area contributed by atoms with E-state index in [1.54, 1.807) is 7.11 Å². The van der Waals surface area contributed by atoms with Gasteiger partial charge in [0.2, 0.25) is 5.89 Å². The van der Waals surface area contributed by atoms with Gasteiger partial charge in [-0.25, -0.2) is 0 Å². The zero-order chi connectivity index (χ0) is 13.0. The summed E-state index contributed by atoms with van der Waals surface area (Å²) in [6.07, 6.45) is 4.52. The van der Waals surface area contributed by atoms with Crippen LogP contribution in [0.2, 0.25) is 0 Å². The molecule has 1 aromatic rings. The van der Waals surface area contributed by atoms with Crippen molar-refractivity contribution in [3.05, 3.63) is 11.7 Å². The van der Waals surface area contributed by atoms with E-state index >= 15 is 0 Å². The standard InChI is InChI=1S/C13H23N3O2/c1-13(2)7-4-5-10(13)14-9-12-15-11(16-18-12)6-8-17-3/h10,14H,4-9H2,1-3H3. The Labute approximate surface area is 108 Å². The van der Waals surface area contributed by atoms with Crippen LogP contribution in [0.5, 0.6) is 0 Å². The van der Waals surface area contributed by atoms with Crippen molar-refractivity contribution >= 4 is 0 Å². The molecule has 0 radical (unpaired) electrons. The highest BCUT2D eigenvalue weighted by atomic mass is 16.5. The van der Waals surface area contributed by atoms with Gasteiger partial charge in [0.25, 0.3) is 0 Å². The van der Waals surface area contributed by atoms with E-state index in [1.807, 2.05) is 0 Å². The first-order valence-electron chi connectivity index (χ1n) is 6.65. The lowest BCUT2D eigenvalue weighted by molar-refractivity contribution is 0.199. The highest BCUT2D eigenvalue weighted by molar-refractivity contribution is 4.92. The summed E-state index contributed by atoms with van der Waals surface area (Å²) in [5.41, 5.74) is 0.374. The van der Waals surface area contributed by atoms with Crippen molar-refractivity contribution in [2.24, 2.45) is 5.41 Å². The number of nitrogens with zero attached hydrogens (tertiary/aromatic N) is 2. The molecule has 1 unspecified atom stereocenters. The van der Waals surface area contributed by atoms with Gasteiger partial charge in [-0.3, -0.25) is 0 Å². The largest absolute Gasteiger partial charge is 0.384 e. The second kappa shape index (κ2) is 5.80. The minimum absolute atomic E-state index is 0.374. The van der Waals surface area contributed by atoms with E-state index in [-0.39, 0.29) is 0 Å². The third kappa shape index (κ3) is 3.29. The predicted octanol–water partition coefficient (Wildman–Crippen LogP) is 1.93. The van der Waals surface area contributed by atoms with Crippen molar-refractivity contribution in [3.8, 4) is 0 Å². The van der Waals surface area contributed by atoms with Crippen molar-refractivity contribution in [3.63, 3.8) is 0 Å². The van der Waals surface area contributed by atoms with E-state index in [0.717, 1.165) is 5.82 Å². The first-order chi connectivity index (χ1) is 8.62. The second-order valence-electron chi connectivity index (χ2n) is 5.66. The van der Waals surface area contributed by atoms with Crippen LogP contribution in [0.4, 0.5) is 0 Å². The van der Waals surface area contributed by atoms with Gasteiger partial charge in [-0.1, -0.05) is 25.4 Å². The highest BCUT2D eigenvalue weighted by Crippen LogP contribution is 2.37.